The Morgan fingerprint density at radius 1 is 1.27 bits per heavy atom. The highest BCUT2D eigenvalue weighted by Gasteiger charge is 2.55. The third kappa shape index (κ3) is 2.95. The van der Waals surface area contributed by atoms with Gasteiger partial charge in [-0.15, -0.1) is 0 Å². The van der Waals surface area contributed by atoms with Gasteiger partial charge in [0.2, 0.25) is 5.91 Å². The lowest BCUT2D eigenvalue weighted by Crippen LogP contribution is -2.49. The zero-order valence-electron chi connectivity index (χ0n) is 15.1. The highest BCUT2D eigenvalue weighted by Crippen LogP contribution is 2.39. The number of amides is 4. The number of rotatable bonds is 4. The van der Waals surface area contributed by atoms with Gasteiger partial charge >= 0.3 is 6.03 Å². The number of carbonyl (C=O) groups is 3. The van der Waals surface area contributed by atoms with Crippen LogP contribution >= 0.6 is 0 Å². The predicted molar refractivity (Wildman–Crippen MR) is 96.7 cm³/mol. The molecular weight excluding hydrogens is 336 g/mol. The van der Waals surface area contributed by atoms with E-state index in [1.807, 2.05) is 0 Å². The van der Waals surface area contributed by atoms with Crippen molar-refractivity contribution in [3.05, 3.63) is 18.2 Å². The second-order valence-corrected chi connectivity index (χ2v) is 6.83. The van der Waals surface area contributed by atoms with E-state index < -0.39 is 17.5 Å². The van der Waals surface area contributed by atoms with Crippen LogP contribution in [-0.2, 0) is 9.59 Å². The molecule has 0 bridgehead atoms. The van der Waals surface area contributed by atoms with Crippen molar-refractivity contribution in [2.75, 3.05) is 31.8 Å². The molecule has 26 heavy (non-hydrogen) atoms. The van der Waals surface area contributed by atoms with E-state index >= 15 is 0 Å². The van der Waals surface area contributed by atoms with E-state index in [0.717, 1.165) is 24.2 Å². The van der Waals surface area contributed by atoms with Crippen molar-refractivity contribution in [3.8, 4) is 5.75 Å². The van der Waals surface area contributed by atoms with Crippen molar-refractivity contribution in [1.29, 1.82) is 0 Å². The quantitative estimate of drug-likeness (QED) is 0.629. The van der Waals surface area contributed by atoms with Crippen LogP contribution in [0.25, 0.3) is 0 Å². The number of nitrogens with zero attached hydrogens (tertiary/aromatic N) is 2. The molecule has 0 atom stereocenters. The number of methoxy groups -OCH3 is 1. The maximum Gasteiger partial charge on any atom is 0.327 e. The lowest BCUT2D eigenvalue weighted by atomic mass is 9.81. The molecule has 1 aromatic rings. The van der Waals surface area contributed by atoms with Gasteiger partial charge in [0, 0.05) is 12.7 Å². The minimum Gasteiger partial charge on any atom is -0.495 e. The molecule has 2 fully saturated rings. The van der Waals surface area contributed by atoms with Gasteiger partial charge < -0.3 is 20.7 Å². The standard InChI is InChI=1S/C18H24N4O4/c1-21-17(25)22(16(24)18(21)8-4-3-5-9-18)11-15(23)20-12-6-7-14(26-2)13(19)10-12/h6-7,10H,3-5,8-9,11,19H2,1-2H3,(H,20,23). The molecule has 1 aliphatic heterocycles. The summed E-state index contributed by atoms with van der Waals surface area (Å²) in [5.41, 5.74) is 5.92. The normalized spacial score (nSPS) is 19.2. The molecule has 1 saturated carbocycles. The van der Waals surface area contributed by atoms with Crippen molar-refractivity contribution in [2.24, 2.45) is 0 Å². The number of hydrogen-bond acceptors (Lipinski definition) is 5. The van der Waals surface area contributed by atoms with Crippen LogP contribution in [0.4, 0.5) is 16.2 Å². The first kappa shape index (κ1) is 18.0. The van der Waals surface area contributed by atoms with Crippen molar-refractivity contribution < 1.29 is 19.1 Å². The van der Waals surface area contributed by atoms with Gasteiger partial charge in [-0.3, -0.25) is 14.5 Å². The van der Waals surface area contributed by atoms with Gasteiger partial charge in [-0.05, 0) is 31.0 Å². The number of nitrogen functional groups attached to an aromatic ring is 1. The number of nitrogens with one attached hydrogen (secondary N) is 1. The van der Waals surface area contributed by atoms with E-state index in [1.165, 1.54) is 12.0 Å². The fourth-order valence-electron chi connectivity index (χ4n) is 3.83. The topological polar surface area (TPSA) is 105 Å². The maximum absolute atomic E-state index is 12.9. The average molecular weight is 360 g/mol. The summed E-state index contributed by atoms with van der Waals surface area (Å²) in [6.07, 6.45) is 4.20. The number of nitrogens with two attached hydrogens (primary N) is 1. The molecule has 1 aliphatic carbocycles. The number of ether oxygens (including phenoxy) is 1. The summed E-state index contributed by atoms with van der Waals surface area (Å²) in [6.45, 7) is -0.310. The molecule has 3 N–H and O–H groups in total. The second-order valence-electron chi connectivity index (χ2n) is 6.83. The Balaban J connectivity index is 1.70. The number of hydrogen-bond donors (Lipinski definition) is 2. The lowest BCUT2D eigenvalue weighted by molar-refractivity contribution is -0.136. The number of likely N-dealkylation sites (N-methyl/N-ethyl adjacent to an activating group) is 1. The number of imide groups is 1. The molecule has 0 radical (unpaired) electrons. The minimum absolute atomic E-state index is 0.269. The fraction of sp³-hybridized carbons (Fsp3) is 0.500. The lowest BCUT2D eigenvalue weighted by Gasteiger charge is -2.35. The molecule has 1 heterocycles. The molecule has 0 aromatic heterocycles. The van der Waals surface area contributed by atoms with Crippen molar-refractivity contribution >= 4 is 29.2 Å². The number of carbonyl (C=O) groups excluding carboxylic acids is 3. The second kappa shape index (κ2) is 6.86. The van der Waals surface area contributed by atoms with Gasteiger partial charge in [0.05, 0.1) is 12.8 Å². The van der Waals surface area contributed by atoms with Crippen LogP contribution in [-0.4, -0.2) is 53.9 Å². The summed E-state index contributed by atoms with van der Waals surface area (Å²) in [5.74, 6) is -0.208. The molecule has 8 heteroatoms. The van der Waals surface area contributed by atoms with Gasteiger partial charge in [0.15, 0.2) is 0 Å². The van der Waals surface area contributed by atoms with E-state index in [4.69, 9.17) is 10.5 Å². The van der Waals surface area contributed by atoms with Crippen molar-refractivity contribution in [3.63, 3.8) is 0 Å². The molecule has 4 amide bonds. The van der Waals surface area contributed by atoms with E-state index in [2.05, 4.69) is 5.32 Å². The summed E-state index contributed by atoms with van der Waals surface area (Å²) in [6, 6.07) is 4.44. The van der Waals surface area contributed by atoms with E-state index in [0.29, 0.717) is 30.0 Å². The molecule has 2 aliphatic rings. The third-order valence-corrected chi connectivity index (χ3v) is 5.30. The molecule has 3 rings (SSSR count). The zero-order chi connectivity index (χ0) is 18.9. The van der Waals surface area contributed by atoms with Crippen LogP contribution in [0.1, 0.15) is 32.1 Å². The SMILES string of the molecule is COc1ccc(NC(=O)CN2C(=O)N(C)C3(CCCCC3)C2=O)cc1N. The summed E-state index contributed by atoms with van der Waals surface area (Å²) >= 11 is 0. The van der Waals surface area contributed by atoms with E-state index in [9.17, 15) is 14.4 Å². The molecule has 1 aromatic carbocycles. The third-order valence-electron chi connectivity index (χ3n) is 5.30. The number of urea groups is 1. The Morgan fingerprint density at radius 2 is 1.96 bits per heavy atom. The van der Waals surface area contributed by atoms with Gasteiger partial charge in [0.25, 0.3) is 5.91 Å². The zero-order valence-corrected chi connectivity index (χ0v) is 15.1. The molecule has 1 spiro atoms. The fourth-order valence-corrected chi connectivity index (χ4v) is 3.83. The molecule has 8 nitrogen and oxygen atoms in total. The average Bonchev–Trinajstić information content (AvgIpc) is 2.79. The molecular formula is C18H24N4O4. The summed E-state index contributed by atoms with van der Waals surface area (Å²) in [4.78, 5) is 40.3. The first-order valence-corrected chi connectivity index (χ1v) is 8.72. The maximum atomic E-state index is 12.9. The van der Waals surface area contributed by atoms with Crippen molar-refractivity contribution in [1.82, 2.24) is 9.80 Å². The van der Waals surface area contributed by atoms with Gasteiger partial charge in [-0.25, -0.2) is 4.79 Å². The number of benzene rings is 1. The molecule has 1 saturated heterocycles. The van der Waals surface area contributed by atoms with Crippen LogP contribution in [0, 0.1) is 0 Å². The van der Waals surface area contributed by atoms with E-state index in [1.54, 1.807) is 25.2 Å². The molecule has 140 valence electrons. The summed E-state index contributed by atoms with van der Waals surface area (Å²) < 4.78 is 5.08. The smallest absolute Gasteiger partial charge is 0.327 e. The number of anilines is 2. The first-order valence-electron chi connectivity index (χ1n) is 8.72. The van der Waals surface area contributed by atoms with Crippen LogP contribution in [0.2, 0.25) is 0 Å². The van der Waals surface area contributed by atoms with Crippen LogP contribution in [0.15, 0.2) is 18.2 Å². The largest absolute Gasteiger partial charge is 0.495 e. The van der Waals surface area contributed by atoms with Crippen molar-refractivity contribution in [2.45, 2.75) is 37.6 Å². The van der Waals surface area contributed by atoms with Crippen LogP contribution in [0.5, 0.6) is 5.75 Å². The van der Waals surface area contributed by atoms with Gasteiger partial charge in [-0.2, -0.15) is 0 Å². The Kier molecular flexibility index (Phi) is 4.76. The molecule has 0 unspecified atom stereocenters. The summed E-state index contributed by atoms with van der Waals surface area (Å²) in [5, 5.41) is 2.67. The predicted octanol–water partition coefficient (Wildman–Crippen LogP) is 1.81. The minimum atomic E-state index is -0.778. The van der Waals surface area contributed by atoms with Crippen LogP contribution in [0.3, 0.4) is 0 Å². The Bertz CT molecular complexity index is 743. The highest BCUT2D eigenvalue weighted by molar-refractivity contribution is 6.10. The Morgan fingerprint density at radius 3 is 2.58 bits per heavy atom. The van der Waals surface area contributed by atoms with E-state index in [-0.39, 0.29) is 12.5 Å². The van der Waals surface area contributed by atoms with Crippen LogP contribution < -0.4 is 15.8 Å². The first-order chi connectivity index (χ1) is 12.4. The Hall–Kier alpha value is -2.77. The van der Waals surface area contributed by atoms with Gasteiger partial charge in [-0.1, -0.05) is 19.3 Å². The summed E-state index contributed by atoms with van der Waals surface area (Å²) in [7, 11) is 3.15. The Labute approximate surface area is 152 Å². The van der Waals surface area contributed by atoms with Gasteiger partial charge in [0.1, 0.15) is 17.8 Å². The monoisotopic (exact) mass is 360 g/mol. The highest BCUT2D eigenvalue weighted by atomic mass is 16.5.